The van der Waals surface area contributed by atoms with Crippen LogP contribution < -0.4 is 10.2 Å². The van der Waals surface area contributed by atoms with E-state index in [-0.39, 0.29) is 12.4 Å². The zero-order valence-electron chi connectivity index (χ0n) is 14.3. The summed E-state index contributed by atoms with van der Waals surface area (Å²) in [7, 11) is 0. The van der Waals surface area contributed by atoms with E-state index in [0.717, 1.165) is 0 Å². The normalized spacial score (nSPS) is 16.6. The average molecular weight is 340 g/mol. The van der Waals surface area contributed by atoms with Gasteiger partial charge in [-0.2, -0.15) is 0 Å². The SMILES string of the molecule is CC(C)(C)OC(=O)N[C@@H](CO)c1ccc(F)c(N2CCOCC2)c1. The third-order valence-electron chi connectivity index (χ3n) is 3.60. The molecule has 1 aromatic rings. The van der Waals surface area contributed by atoms with Gasteiger partial charge in [-0.25, -0.2) is 9.18 Å². The Morgan fingerprint density at radius 2 is 2.08 bits per heavy atom. The molecule has 1 heterocycles. The third kappa shape index (κ3) is 5.07. The van der Waals surface area contributed by atoms with Gasteiger partial charge in [-0.3, -0.25) is 0 Å². The van der Waals surface area contributed by atoms with Gasteiger partial charge < -0.3 is 24.8 Å². The number of ether oxygens (including phenoxy) is 2. The van der Waals surface area contributed by atoms with Crippen LogP contribution >= 0.6 is 0 Å². The number of carbonyl (C=O) groups excluding carboxylic acids is 1. The minimum absolute atomic E-state index is 0.312. The maximum absolute atomic E-state index is 14.1. The van der Waals surface area contributed by atoms with E-state index in [2.05, 4.69) is 5.32 Å². The summed E-state index contributed by atoms with van der Waals surface area (Å²) in [5, 5.41) is 12.2. The molecule has 0 unspecified atom stereocenters. The van der Waals surface area contributed by atoms with Gasteiger partial charge >= 0.3 is 6.09 Å². The smallest absolute Gasteiger partial charge is 0.408 e. The second-order valence-corrected chi connectivity index (χ2v) is 6.69. The van der Waals surface area contributed by atoms with Crippen LogP contribution in [0.25, 0.3) is 0 Å². The molecule has 134 valence electrons. The summed E-state index contributed by atoms with van der Waals surface area (Å²) in [5.74, 6) is -0.338. The molecule has 0 aliphatic carbocycles. The number of nitrogens with one attached hydrogen (secondary N) is 1. The number of halogens is 1. The standard InChI is InChI=1S/C17H25FN2O4/c1-17(2,3)24-16(22)19-14(11-21)12-4-5-13(18)15(10-12)20-6-8-23-9-7-20/h4-5,10,14,21H,6-9,11H2,1-3H3,(H,19,22)/t14-/m0/s1. The fourth-order valence-electron chi connectivity index (χ4n) is 2.48. The maximum Gasteiger partial charge on any atom is 0.408 e. The highest BCUT2D eigenvalue weighted by Crippen LogP contribution is 2.25. The average Bonchev–Trinajstić information content (AvgIpc) is 2.52. The maximum atomic E-state index is 14.1. The molecule has 0 aromatic heterocycles. The van der Waals surface area contributed by atoms with E-state index < -0.39 is 17.7 Å². The van der Waals surface area contributed by atoms with Crippen LogP contribution in [0.5, 0.6) is 0 Å². The lowest BCUT2D eigenvalue weighted by atomic mass is 10.1. The van der Waals surface area contributed by atoms with E-state index in [1.165, 1.54) is 6.07 Å². The van der Waals surface area contributed by atoms with E-state index >= 15 is 0 Å². The molecule has 1 aromatic carbocycles. The number of morpholine rings is 1. The molecule has 24 heavy (non-hydrogen) atoms. The molecule has 1 fully saturated rings. The Labute approximate surface area is 141 Å². The molecule has 7 heteroatoms. The highest BCUT2D eigenvalue weighted by molar-refractivity contribution is 5.68. The number of benzene rings is 1. The minimum Gasteiger partial charge on any atom is -0.444 e. The number of nitrogens with zero attached hydrogens (tertiary/aromatic N) is 1. The Kier molecular flexibility index (Phi) is 6.01. The second kappa shape index (κ2) is 7.81. The molecule has 0 saturated carbocycles. The first-order valence-electron chi connectivity index (χ1n) is 8.02. The van der Waals surface area contributed by atoms with Crippen LogP contribution in [0.2, 0.25) is 0 Å². The Balaban J connectivity index is 2.14. The topological polar surface area (TPSA) is 71.0 Å². The first-order chi connectivity index (χ1) is 11.3. The van der Waals surface area contributed by atoms with Gasteiger partial charge in [0.25, 0.3) is 0 Å². The number of hydrogen-bond acceptors (Lipinski definition) is 5. The van der Waals surface area contributed by atoms with Gasteiger partial charge in [0.1, 0.15) is 11.4 Å². The second-order valence-electron chi connectivity index (χ2n) is 6.69. The molecule has 6 nitrogen and oxygen atoms in total. The van der Waals surface area contributed by atoms with E-state index in [1.54, 1.807) is 32.9 Å². The van der Waals surface area contributed by atoms with Crippen LogP contribution in [0.4, 0.5) is 14.9 Å². The fourth-order valence-corrected chi connectivity index (χ4v) is 2.48. The Morgan fingerprint density at radius 3 is 2.67 bits per heavy atom. The minimum atomic E-state index is -0.666. The van der Waals surface area contributed by atoms with Crippen LogP contribution in [0, 0.1) is 5.82 Å². The highest BCUT2D eigenvalue weighted by atomic mass is 19.1. The lowest BCUT2D eigenvalue weighted by Crippen LogP contribution is -2.38. The van der Waals surface area contributed by atoms with Crippen LogP contribution in [-0.2, 0) is 9.47 Å². The summed E-state index contributed by atoms with van der Waals surface area (Å²) in [6.45, 7) is 7.26. The molecule has 1 atom stereocenters. The van der Waals surface area contributed by atoms with Crippen molar-refractivity contribution in [3.8, 4) is 0 Å². The van der Waals surface area contributed by atoms with Crippen molar-refractivity contribution in [2.24, 2.45) is 0 Å². The first-order valence-corrected chi connectivity index (χ1v) is 8.02. The highest BCUT2D eigenvalue weighted by Gasteiger charge is 2.22. The Morgan fingerprint density at radius 1 is 1.42 bits per heavy atom. The van der Waals surface area contributed by atoms with Gasteiger partial charge in [0.15, 0.2) is 0 Å². The van der Waals surface area contributed by atoms with Crippen molar-refractivity contribution in [3.63, 3.8) is 0 Å². The zero-order valence-corrected chi connectivity index (χ0v) is 14.3. The van der Waals surface area contributed by atoms with Gasteiger partial charge in [0.05, 0.1) is 31.5 Å². The molecule has 1 aliphatic heterocycles. The molecule has 2 N–H and O–H groups in total. The summed E-state index contributed by atoms with van der Waals surface area (Å²) in [6.07, 6.45) is -0.626. The summed E-state index contributed by atoms with van der Waals surface area (Å²) < 4.78 is 24.6. The lowest BCUT2D eigenvalue weighted by molar-refractivity contribution is 0.0482. The van der Waals surface area contributed by atoms with Crippen molar-refractivity contribution in [3.05, 3.63) is 29.6 Å². The van der Waals surface area contributed by atoms with Crippen molar-refractivity contribution in [1.82, 2.24) is 5.32 Å². The van der Waals surface area contributed by atoms with Gasteiger partial charge in [-0.15, -0.1) is 0 Å². The van der Waals surface area contributed by atoms with Crippen molar-refractivity contribution in [1.29, 1.82) is 0 Å². The molecule has 0 radical (unpaired) electrons. The van der Waals surface area contributed by atoms with E-state index in [9.17, 15) is 14.3 Å². The van der Waals surface area contributed by atoms with Crippen molar-refractivity contribution in [2.45, 2.75) is 32.4 Å². The molecule has 1 saturated heterocycles. The Hall–Kier alpha value is -1.86. The quantitative estimate of drug-likeness (QED) is 0.879. The molecular weight excluding hydrogens is 315 g/mol. The van der Waals surface area contributed by atoms with E-state index in [1.807, 2.05) is 4.90 Å². The summed E-state index contributed by atoms with van der Waals surface area (Å²) in [5.41, 5.74) is 0.428. The van der Waals surface area contributed by atoms with Gasteiger partial charge in [0, 0.05) is 13.1 Å². The number of aliphatic hydroxyl groups excluding tert-OH is 1. The number of rotatable bonds is 4. The van der Waals surface area contributed by atoms with Gasteiger partial charge in [0.2, 0.25) is 0 Å². The number of hydrogen-bond donors (Lipinski definition) is 2. The Bertz CT molecular complexity index is 568. The zero-order chi connectivity index (χ0) is 17.7. The van der Waals surface area contributed by atoms with Crippen molar-refractivity contribution < 1.29 is 23.8 Å². The number of anilines is 1. The molecular formula is C17H25FN2O4. The number of carbonyl (C=O) groups is 1. The van der Waals surface area contributed by atoms with Crippen LogP contribution in [-0.4, -0.2) is 49.7 Å². The lowest BCUT2D eigenvalue weighted by Gasteiger charge is -2.30. The van der Waals surface area contributed by atoms with Gasteiger partial charge in [-0.05, 0) is 38.5 Å². The summed E-state index contributed by atoms with van der Waals surface area (Å²) in [6, 6.07) is 3.89. The largest absolute Gasteiger partial charge is 0.444 e. The molecule has 0 spiro atoms. The van der Waals surface area contributed by atoms with Crippen LogP contribution in [0.3, 0.4) is 0 Å². The monoisotopic (exact) mass is 340 g/mol. The predicted octanol–water partition coefficient (Wildman–Crippen LogP) is 2.22. The number of alkyl carbamates (subject to hydrolysis) is 1. The molecule has 1 aliphatic rings. The number of aliphatic hydroxyl groups is 1. The van der Waals surface area contributed by atoms with Crippen LogP contribution in [0.15, 0.2) is 18.2 Å². The molecule has 2 rings (SSSR count). The molecule has 1 amide bonds. The van der Waals surface area contributed by atoms with Crippen molar-refractivity contribution in [2.75, 3.05) is 37.8 Å². The fraction of sp³-hybridized carbons (Fsp3) is 0.588. The van der Waals surface area contributed by atoms with E-state index in [4.69, 9.17) is 9.47 Å². The predicted molar refractivity (Wildman–Crippen MR) is 88.6 cm³/mol. The van der Waals surface area contributed by atoms with E-state index in [0.29, 0.717) is 37.6 Å². The molecule has 0 bridgehead atoms. The van der Waals surface area contributed by atoms with Crippen LogP contribution in [0.1, 0.15) is 32.4 Å². The first kappa shape index (κ1) is 18.5. The third-order valence-corrected chi connectivity index (χ3v) is 3.60. The number of amides is 1. The van der Waals surface area contributed by atoms with Gasteiger partial charge in [-0.1, -0.05) is 6.07 Å². The summed E-state index contributed by atoms with van der Waals surface area (Å²) >= 11 is 0. The summed E-state index contributed by atoms with van der Waals surface area (Å²) in [4.78, 5) is 13.8. The van der Waals surface area contributed by atoms with Crippen molar-refractivity contribution >= 4 is 11.8 Å².